The highest BCUT2D eigenvalue weighted by Gasteiger charge is 2.25. The number of aliphatic carboxylic acids is 1. The average Bonchev–Trinajstić information content (AvgIpc) is 2.23. The molecule has 6 nitrogen and oxygen atoms in total. The fourth-order valence-corrected chi connectivity index (χ4v) is 1.71. The number of hydrogen-bond acceptors (Lipinski definition) is 3. The quantitative estimate of drug-likeness (QED) is 0.649. The molecular formula is C13H26N2O4. The van der Waals surface area contributed by atoms with Gasteiger partial charge in [0.15, 0.2) is 0 Å². The van der Waals surface area contributed by atoms with E-state index >= 15 is 0 Å². The topological polar surface area (TPSA) is 89.9 Å². The molecule has 0 rings (SSSR count). The number of carbonyl (C=O) groups excluding carboxylic acids is 1. The summed E-state index contributed by atoms with van der Waals surface area (Å²) in [6, 6.07) is -0.350. The van der Waals surface area contributed by atoms with Crippen LogP contribution in [0.15, 0.2) is 0 Å². The van der Waals surface area contributed by atoms with Crippen molar-refractivity contribution in [3.63, 3.8) is 0 Å². The number of urea groups is 1. The van der Waals surface area contributed by atoms with Crippen LogP contribution >= 0.6 is 0 Å². The van der Waals surface area contributed by atoms with E-state index in [1.807, 2.05) is 6.92 Å². The van der Waals surface area contributed by atoms with Crippen LogP contribution in [0.25, 0.3) is 0 Å². The summed E-state index contributed by atoms with van der Waals surface area (Å²) in [6.45, 7) is 9.41. The highest BCUT2D eigenvalue weighted by atomic mass is 16.4. The monoisotopic (exact) mass is 274 g/mol. The molecule has 0 heterocycles. The Bertz CT molecular complexity index is 310. The van der Waals surface area contributed by atoms with Crippen molar-refractivity contribution >= 4 is 12.0 Å². The number of likely N-dealkylation sites (N-methyl/N-ethyl adjacent to an activating group) is 1. The van der Waals surface area contributed by atoms with Crippen molar-refractivity contribution < 1.29 is 19.8 Å². The van der Waals surface area contributed by atoms with E-state index < -0.39 is 17.5 Å². The van der Waals surface area contributed by atoms with Crippen molar-refractivity contribution in [3.8, 4) is 0 Å². The van der Waals surface area contributed by atoms with E-state index in [9.17, 15) is 14.7 Å². The van der Waals surface area contributed by atoms with Gasteiger partial charge in [0, 0.05) is 13.1 Å². The van der Waals surface area contributed by atoms with Crippen LogP contribution in [0.5, 0.6) is 0 Å². The Balaban J connectivity index is 4.46. The Labute approximate surface area is 114 Å². The molecule has 0 aromatic heterocycles. The van der Waals surface area contributed by atoms with Crippen LogP contribution in [-0.4, -0.2) is 52.3 Å². The van der Waals surface area contributed by atoms with Crippen LogP contribution in [0.3, 0.4) is 0 Å². The summed E-state index contributed by atoms with van der Waals surface area (Å²) in [6.07, 6.45) is 0. The van der Waals surface area contributed by atoms with Crippen LogP contribution < -0.4 is 5.32 Å². The first kappa shape index (κ1) is 17.7. The number of aliphatic hydroxyl groups is 1. The zero-order chi connectivity index (χ0) is 15.2. The lowest BCUT2D eigenvalue weighted by atomic mass is 9.96. The van der Waals surface area contributed by atoms with E-state index in [2.05, 4.69) is 5.32 Å². The maximum atomic E-state index is 11.9. The normalized spacial score (nSPS) is 13.2. The van der Waals surface area contributed by atoms with Crippen molar-refractivity contribution in [2.24, 2.45) is 11.8 Å². The maximum Gasteiger partial charge on any atom is 0.317 e. The first-order valence-electron chi connectivity index (χ1n) is 6.56. The fourth-order valence-electron chi connectivity index (χ4n) is 1.71. The van der Waals surface area contributed by atoms with Gasteiger partial charge >= 0.3 is 12.0 Å². The molecule has 0 saturated carbocycles. The molecule has 0 fully saturated rings. The predicted molar refractivity (Wildman–Crippen MR) is 72.9 cm³/mol. The van der Waals surface area contributed by atoms with Crippen molar-refractivity contribution in [1.82, 2.24) is 10.2 Å². The third-order valence-corrected chi connectivity index (χ3v) is 2.84. The van der Waals surface area contributed by atoms with Crippen LogP contribution in [0.2, 0.25) is 0 Å². The number of hydrogen-bond donors (Lipinski definition) is 3. The molecule has 19 heavy (non-hydrogen) atoms. The van der Waals surface area contributed by atoms with E-state index in [1.54, 1.807) is 27.7 Å². The number of carbonyl (C=O) groups is 2. The molecule has 1 atom stereocenters. The molecule has 1 unspecified atom stereocenters. The van der Waals surface area contributed by atoms with Gasteiger partial charge in [0.05, 0.1) is 18.1 Å². The summed E-state index contributed by atoms with van der Waals surface area (Å²) in [5.74, 6) is -1.58. The molecule has 2 amide bonds. The second-order valence-corrected chi connectivity index (χ2v) is 5.70. The fraction of sp³-hybridized carbons (Fsp3) is 0.846. The zero-order valence-corrected chi connectivity index (χ0v) is 12.4. The van der Waals surface area contributed by atoms with E-state index in [1.165, 1.54) is 4.90 Å². The predicted octanol–water partition coefficient (Wildman–Crippen LogP) is 1.15. The number of carboxylic acid groups (broad SMARTS) is 1. The summed E-state index contributed by atoms with van der Waals surface area (Å²) >= 11 is 0. The minimum Gasteiger partial charge on any atom is -0.481 e. The summed E-state index contributed by atoms with van der Waals surface area (Å²) in [7, 11) is 0. The number of amides is 2. The zero-order valence-electron chi connectivity index (χ0n) is 12.4. The smallest absolute Gasteiger partial charge is 0.317 e. The summed E-state index contributed by atoms with van der Waals surface area (Å²) < 4.78 is 0. The lowest BCUT2D eigenvalue weighted by Gasteiger charge is -2.29. The Kier molecular flexibility index (Phi) is 6.83. The van der Waals surface area contributed by atoms with Crippen molar-refractivity contribution in [2.75, 3.05) is 19.6 Å². The van der Waals surface area contributed by atoms with Gasteiger partial charge in [-0.15, -0.1) is 0 Å². The molecule has 112 valence electrons. The van der Waals surface area contributed by atoms with Crippen LogP contribution in [0.4, 0.5) is 4.79 Å². The Morgan fingerprint density at radius 3 is 2.16 bits per heavy atom. The minimum atomic E-state index is -0.975. The summed E-state index contributed by atoms with van der Waals surface area (Å²) in [4.78, 5) is 24.4. The third-order valence-electron chi connectivity index (χ3n) is 2.84. The maximum absolute atomic E-state index is 11.9. The number of nitrogens with one attached hydrogen (secondary N) is 1. The number of carboxylic acids is 1. The molecule has 0 spiro atoms. The molecule has 0 aliphatic heterocycles. The molecule has 3 N–H and O–H groups in total. The number of nitrogens with zero attached hydrogens (tertiary/aromatic N) is 1. The lowest BCUT2D eigenvalue weighted by Crippen LogP contribution is -2.48. The van der Waals surface area contributed by atoms with E-state index in [0.717, 1.165) is 0 Å². The Hall–Kier alpha value is -1.30. The van der Waals surface area contributed by atoms with Gasteiger partial charge in [-0.05, 0) is 26.7 Å². The first-order valence-corrected chi connectivity index (χ1v) is 6.56. The second-order valence-electron chi connectivity index (χ2n) is 5.70. The SMILES string of the molecule is CCN(CC(C)(C)O)C(=O)NCC(C(=O)O)C(C)C. The van der Waals surface area contributed by atoms with Crippen LogP contribution in [0, 0.1) is 11.8 Å². The molecule has 6 heteroatoms. The van der Waals surface area contributed by atoms with Gasteiger partial charge in [0.25, 0.3) is 0 Å². The first-order chi connectivity index (χ1) is 8.58. The molecule has 0 radical (unpaired) electrons. The summed E-state index contributed by atoms with van der Waals surface area (Å²) in [5.41, 5.74) is -0.975. The standard InChI is InChI=1S/C13H26N2O4/c1-6-15(8-13(4,5)19)12(18)14-7-10(9(2)3)11(16)17/h9-10,19H,6-8H2,1-5H3,(H,14,18)(H,16,17). The van der Waals surface area contributed by atoms with Crippen LogP contribution in [-0.2, 0) is 4.79 Å². The second kappa shape index (κ2) is 7.33. The van der Waals surface area contributed by atoms with E-state index in [4.69, 9.17) is 5.11 Å². The molecule has 0 bridgehead atoms. The largest absolute Gasteiger partial charge is 0.481 e. The van der Waals surface area contributed by atoms with Gasteiger partial charge < -0.3 is 20.4 Å². The summed E-state index contributed by atoms with van der Waals surface area (Å²) in [5, 5.41) is 21.4. The van der Waals surface area contributed by atoms with E-state index in [-0.39, 0.29) is 25.0 Å². The van der Waals surface area contributed by atoms with Gasteiger partial charge in [0.1, 0.15) is 0 Å². The van der Waals surface area contributed by atoms with Gasteiger partial charge in [0.2, 0.25) is 0 Å². The Morgan fingerprint density at radius 2 is 1.84 bits per heavy atom. The molecule has 0 aromatic carbocycles. The Morgan fingerprint density at radius 1 is 1.32 bits per heavy atom. The average molecular weight is 274 g/mol. The molecule has 0 saturated heterocycles. The van der Waals surface area contributed by atoms with Gasteiger partial charge in [-0.3, -0.25) is 4.79 Å². The minimum absolute atomic E-state index is 0.0536. The molecular weight excluding hydrogens is 248 g/mol. The van der Waals surface area contributed by atoms with Crippen molar-refractivity contribution in [3.05, 3.63) is 0 Å². The van der Waals surface area contributed by atoms with Crippen molar-refractivity contribution in [2.45, 2.75) is 40.2 Å². The molecule has 0 aliphatic rings. The molecule has 0 aromatic rings. The lowest BCUT2D eigenvalue weighted by molar-refractivity contribution is -0.142. The highest BCUT2D eigenvalue weighted by molar-refractivity contribution is 5.76. The molecule has 0 aliphatic carbocycles. The van der Waals surface area contributed by atoms with Crippen molar-refractivity contribution in [1.29, 1.82) is 0 Å². The third kappa shape index (κ3) is 7.00. The van der Waals surface area contributed by atoms with Gasteiger partial charge in [-0.2, -0.15) is 0 Å². The van der Waals surface area contributed by atoms with E-state index in [0.29, 0.717) is 6.54 Å². The van der Waals surface area contributed by atoms with Crippen LogP contribution in [0.1, 0.15) is 34.6 Å². The van der Waals surface area contributed by atoms with Gasteiger partial charge in [-0.1, -0.05) is 13.8 Å². The highest BCUT2D eigenvalue weighted by Crippen LogP contribution is 2.10. The van der Waals surface area contributed by atoms with Gasteiger partial charge in [-0.25, -0.2) is 4.79 Å². The number of rotatable bonds is 7.